The molecule has 1 aliphatic heterocycles. The Labute approximate surface area is 168 Å². The molecule has 1 fully saturated rings. The zero-order valence-corrected chi connectivity index (χ0v) is 16.8. The topological polar surface area (TPSA) is 38.8 Å². The fourth-order valence-electron chi connectivity index (χ4n) is 3.43. The van der Waals surface area contributed by atoms with Crippen LogP contribution in [0.3, 0.4) is 0 Å². The van der Waals surface area contributed by atoms with E-state index in [0.29, 0.717) is 12.5 Å². The summed E-state index contributed by atoms with van der Waals surface area (Å²) in [6, 6.07) is 17.8. The third kappa shape index (κ3) is 6.10. The van der Waals surface area contributed by atoms with Gasteiger partial charge in [0.2, 0.25) is 0 Å². The van der Waals surface area contributed by atoms with Gasteiger partial charge in [-0.2, -0.15) is 0 Å². The molecule has 0 N–H and O–H groups in total. The summed E-state index contributed by atoms with van der Waals surface area (Å²) in [5.74, 6) is 1.48. The molecule has 1 amide bonds. The molecule has 1 heterocycles. The van der Waals surface area contributed by atoms with E-state index in [1.807, 2.05) is 47.4 Å². The molecule has 0 atom stereocenters. The van der Waals surface area contributed by atoms with Crippen LogP contribution in [0.4, 0.5) is 0 Å². The minimum absolute atomic E-state index is 0.115. The minimum atomic E-state index is 0.115. The molecule has 3 rings (SSSR count). The molecule has 4 nitrogen and oxygen atoms in total. The molecule has 2 aromatic carbocycles. The van der Waals surface area contributed by atoms with E-state index in [9.17, 15) is 4.79 Å². The van der Waals surface area contributed by atoms with Crippen molar-refractivity contribution >= 4 is 5.91 Å². The van der Waals surface area contributed by atoms with Crippen LogP contribution in [0, 0.1) is 5.92 Å². The lowest BCUT2D eigenvalue weighted by molar-refractivity contribution is 0.0478. The van der Waals surface area contributed by atoms with Gasteiger partial charge < -0.3 is 14.4 Å². The number of rotatable bonds is 9. The number of hydrogen-bond donors (Lipinski definition) is 0. The monoisotopic (exact) mass is 381 g/mol. The smallest absolute Gasteiger partial charge is 0.253 e. The van der Waals surface area contributed by atoms with Gasteiger partial charge in [0.15, 0.2) is 0 Å². The van der Waals surface area contributed by atoms with Crippen LogP contribution in [0.15, 0.2) is 54.6 Å². The highest BCUT2D eigenvalue weighted by molar-refractivity contribution is 5.94. The van der Waals surface area contributed by atoms with Gasteiger partial charge >= 0.3 is 0 Å². The van der Waals surface area contributed by atoms with Crippen molar-refractivity contribution in [1.82, 2.24) is 4.90 Å². The number of ether oxygens (including phenoxy) is 2. The van der Waals surface area contributed by atoms with E-state index in [-0.39, 0.29) is 5.91 Å². The highest BCUT2D eigenvalue weighted by Crippen LogP contribution is 2.21. The summed E-state index contributed by atoms with van der Waals surface area (Å²) in [7, 11) is 0. The number of amides is 1. The fourth-order valence-corrected chi connectivity index (χ4v) is 3.43. The normalized spacial score (nSPS) is 14.8. The first-order valence-electron chi connectivity index (χ1n) is 10.4. The Morgan fingerprint density at radius 1 is 1.04 bits per heavy atom. The van der Waals surface area contributed by atoms with Gasteiger partial charge in [0.1, 0.15) is 5.75 Å². The molecule has 0 radical (unpaired) electrons. The van der Waals surface area contributed by atoms with Crippen LogP contribution in [0.1, 0.15) is 48.5 Å². The molecule has 0 unspecified atom stereocenters. The molecule has 0 aliphatic carbocycles. The van der Waals surface area contributed by atoms with E-state index < -0.39 is 0 Å². The summed E-state index contributed by atoms with van der Waals surface area (Å²) in [6.45, 7) is 5.89. The Balaban J connectivity index is 1.39. The van der Waals surface area contributed by atoms with E-state index in [1.54, 1.807) is 0 Å². The van der Waals surface area contributed by atoms with Crippen LogP contribution < -0.4 is 4.74 Å². The van der Waals surface area contributed by atoms with Crippen LogP contribution in [-0.4, -0.2) is 37.1 Å². The molecular weight excluding hydrogens is 350 g/mol. The Morgan fingerprint density at radius 3 is 2.43 bits per heavy atom. The lowest BCUT2D eigenvalue weighted by Crippen LogP contribution is -2.39. The van der Waals surface area contributed by atoms with E-state index in [2.05, 4.69) is 19.1 Å². The van der Waals surface area contributed by atoms with E-state index >= 15 is 0 Å². The Bertz CT molecular complexity index is 706. The zero-order chi connectivity index (χ0) is 19.6. The van der Waals surface area contributed by atoms with Crippen LogP contribution in [-0.2, 0) is 11.3 Å². The Hall–Kier alpha value is -2.33. The Morgan fingerprint density at radius 2 is 1.75 bits per heavy atom. The van der Waals surface area contributed by atoms with Crippen molar-refractivity contribution in [3.63, 3.8) is 0 Å². The molecule has 150 valence electrons. The summed E-state index contributed by atoms with van der Waals surface area (Å²) in [4.78, 5) is 14.7. The quantitative estimate of drug-likeness (QED) is 0.578. The predicted molar refractivity (Wildman–Crippen MR) is 112 cm³/mol. The first-order valence-corrected chi connectivity index (χ1v) is 10.4. The van der Waals surface area contributed by atoms with Gasteiger partial charge in [-0.3, -0.25) is 4.79 Å². The summed E-state index contributed by atoms with van der Waals surface area (Å²) in [6.07, 6.45) is 4.16. The van der Waals surface area contributed by atoms with Crippen molar-refractivity contribution in [1.29, 1.82) is 0 Å². The average molecular weight is 382 g/mol. The van der Waals surface area contributed by atoms with Crippen LogP contribution in [0.25, 0.3) is 0 Å². The maximum atomic E-state index is 12.7. The van der Waals surface area contributed by atoms with Gasteiger partial charge in [-0.15, -0.1) is 0 Å². The second kappa shape index (κ2) is 10.9. The largest absolute Gasteiger partial charge is 0.494 e. The average Bonchev–Trinajstić information content (AvgIpc) is 2.75. The van der Waals surface area contributed by atoms with Gasteiger partial charge in [-0.05, 0) is 55.0 Å². The second-order valence-electron chi connectivity index (χ2n) is 7.46. The highest BCUT2D eigenvalue weighted by Gasteiger charge is 2.23. The van der Waals surface area contributed by atoms with Crippen LogP contribution in [0.2, 0.25) is 0 Å². The third-order valence-corrected chi connectivity index (χ3v) is 5.23. The standard InChI is InChI=1S/C24H31NO3/c1-2-3-17-28-23-11-9-22(10-12-23)24(26)25-15-13-21(14-16-25)19-27-18-20-7-5-4-6-8-20/h4-12,21H,2-3,13-19H2,1H3. The number of hydrogen-bond acceptors (Lipinski definition) is 3. The SMILES string of the molecule is CCCCOc1ccc(C(=O)N2CCC(COCc3ccccc3)CC2)cc1. The van der Waals surface area contributed by atoms with E-state index in [1.165, 1.54) is 5.56 Å². The summed E-state index contributed by atoms with van der Waals surface area (Å²) < 4.78 is 11.5. The third-order valence-electron chi connectivity index (χ3n) is 5.23. The first kappa shape index (κ1) is 20.4. The first-order chi connectivity index (χ1) is 13.8. The van der Waals surface area contributed by atoms with Gasteiger partial charge in [0, 0.05) is 25.3 Å². The molecule has 0 bridgehead atoms. The lowest BCUT2D eigenvalue weighted by atomic mass is 9.97. The highest BCUT2D eigenvalue weighted by atomic mass is 16.5. The molecule has 2 aromatic rings. The van der Waals surface area contributed by atoms with E-state index in [4.69, 9.17) is 9.47 Å². The molecule has 4 heteroatoms. The fraction of sp³-hybridized carbons (Fsp3) is 0.458. The second-order valence-corrected chi connectivity index (χ2v) is 7.46. The number of likely N-dealkylation sites (tertiary alicyclic amines) is 1. The molecule has 1 saturated heterocycles. The molecule has 0 aromatic heterocycles. The van der Waals surface area contributed by atoms with Crippen LogP contribution in [0.5, 0.6) is 5.75 Å². The maximum absolute atomic E-state index is 12.7. The number of carbonyl (C=O) groups is 1. The van der Waals surface area contributed by atoms with Crippen molar-refractivity contribution in [2.24, 2.45) is 5.92 Å². The molecular formula is C24H31NO3. The van der Waals surface area contributed by atoms with Crippen molar-refractivity contribution in [2.75, 3.05) is 26.3 Å². The van der Waals surface area contributed by atoms with Crippen molar-refractivity contribution in [3.8, 4) is 5.75 Å². The molecule has 0 saturated carbocycles. The van der Waals surface area contributed by atoms with Crippen molar-refractivity contribution in [2.45, 2.75) is 39.2 Å². The van der Waals surface area contributed by atoms with Gasteiger partial charge in [-0.25, -0.2) is 0 Å². The van der Waals surface area contributed by atoms with Crippen molar-refractivity contribution in [3.05, 3.63) is 65.7 Å². The number of piperidine rings is 1. The number of carbonyl (C=O) groups excluding carboxylic acids is 1. The maximum Gasteiger partial charge on any atom is 0.253 e. The predicted octanol–water partition coefficient (Wildman–Crippen LogP) is 4.93. The Kier molecular flexibility index (Phi) is 7.92. The summed E-state index contributed by atoms with van der Waals surface area (Å²) in [5, 5.41) is 0. The molecule has 28 heavy (non-hydrogen) atoms. The van der Waals surface area contributed by atoms with Crippen LogP contribution >= 0.6 is 0 Å². The number of unbranched alkanes of at least 4 members (excludes halogenated alkanes) is 1. The number of nitrogens with zero attached hydrogens (tertiary/aromatic N) is 1. The molecule has 1 aliphatic rings. The summed E-state index contributed by atoms with van der Waals surface area (Å²) >= 11 is 0. The minimum Gasteiger partial charge on any atom is -0.494 e. The molecule has 0 spiro atoms. The number of benzene rings is 2. The van der Waals surface area contributed by atoms with Crippen molar-refractivity contribution < 1.29 is 14.3 Å². The lowest BCUT2D eigenvalue weighted by Gasteiger charge is -2.32. The summed E-state index contributed by atoms with van der Waals surface area (Å²) in [5.41, 5.74) is 1.94. The van der Waals surface area contributed by atoms with Gasteiger partial charge in [0.05, 0.1) is 13.2 Å². The van der Waals surface area contributed by atoms with Gasteiger partial charge in [-0.1, -0.05) is 43.7 Å². The van der Waals surface area contributed by atoms with Gasteiger partial charge in [0.25, 0.3) is 5.91 Å². The van der Waals surface area contributed by atoms with E-state index in [0.717, 1.165) is 63.3 Å². The zero-order valence-electron chi connectivity index (χ0n) is 16.8.